The molecule has 0 aromatic rings. The second-order valence-corrected chi connectivity index (χ2v) is 5.12. The Balaban J connectivity index is 2.21. The summed E-state index contributed by atoms with van der Waals surface area (Å²) < 4.78 is 31.7. The summed E-state index contributed by atoms with van der Waals surface area (Å²) in [4.78, 5) is 0. The first kappa shape index (κ1) is 12.2. The summed E-state index contributed by atoms with van der Waals surface area (Å²) in [6.45, 7) is 0.382. The van der Waals surface area contributed by atoms with E-state index in [1.54, 1.807) is 0 Å². The molecule has 1 saturated heterocycles. The van der Waals surface area contributed by atoms with Crippen LogP contribution in [0.4, 0.5) is 8.78 Å². The van der Waals surface area contributed by atoms with Crippen molar-refractivity contribution < 1.29 is 23.7 Å². The summed E-state index contributed by atoms with van der Waals surface area (Å²) >= 11 is 0. The zero-order chi connectivity index (χ0) is 11.9. The van der Waals surface area contributed by atoms with Crippen LogP contribution < -0.4 is 0 Å². The molecular weight excluding hydrogens is 218 g/mol. The van der Waals surface area contributed by atoms with Gasteiger partial charge in [-0.2, -0.15) is 0 Å². The first-order valence-electron chi connectivity index (χ1n) is 5.72. The summed E-state index contributed by atoms with van der Waals surface area (Å²) in [6.07, 6.45) is 0.212. The molecule has 1 aliphatic carbocycles. The summed E-state index contributed by atoms with van der Waals surface area (Å²) in [7, 11) is 0. The predicted octanol–water partition coefficient (Wildman–Crippen LogP) is 1.33. The molecule has 1 unspecified atom stereocenters. The minimum absolute atomic E-state index is 0.188. The molecular formula is C11H18F2O3. The molecule has 0 aromatic heterocycles. The van der Waals surface area contributed by atoms with Crippen LogP contribution in [0.1, 0.15) is 32.1 Å². The van der Waals surface area contributed by atoms with Gasteiger partial charge in [-0.05, 0) is 6.42 Å². The van der Waals surface area contributed by atoms with Gasteiger partial charge in [-0.15, -0.1) is 0 Å². The maximum Gasteiger partial charge on any atom is 0.248 e. The second-order valence-electron chi connectivity index (χ2n) is 5.12. The van der Waals surface area contributed by atoms with E-state index >= 15 is 0 Å². The van der Waals surface area contributed by atoms with E-state index in [0.717, 1.165) is 0 Å². The number of ether oxygens (including phenoxy) is 1. The lowest BCUT2D eigenvalue weighted by Gasteiger charge is -2.46. The number of alkyl halides is 2. The fraction of sp³-hybridized carbons (Fsp3) is 1.00. The number of hydrogen-bond acceptors (Lipinski definition) is 3. The molecule has 2 rings (SSSR count). The third kappa shape index (κ3) is 1.85. The van der Waals surface area contributed by atoms with Gasteiger partial charge in [-0.25, -0.2) is 8.78 Å². The maximum atomic E-state index is 13.3. The zero-order valence-corrected chi connectivity index (χ0v) is 9.22. The highest BCUT2D eigenvalue weighted by Gasteiger charge is 2.59. The van der Waals surface area contributed by atoms with Crippen LogP contribution in [-0.4, -0.2) is 41.6 Å². The molecule has 3 nitrogen and oxygen atoms in total. The molecule has 0 spiro atoms. The Hall–Kier alpha value is -0.260. The normalized spacial score (nSPS) is 37.5. The van der Waals surface area contributed by atoms with Crippen LogP contribution in [0.3, 0.4) is 0 Å². The van der Waals surface area contributed by atoms with Crippen molar-refractivity contribution >= 4 is 0 Å². The standard InChI is InChI=1S/C11H18F2O3/c12-11(13)2-1-9(7-11,8-14)10(15)3-5-16-6-4-10/h14-15H,1-8H2. The lowest BCUT2D eigenvalue weighted by molar-refractivity contribution is -0.166. The van der Waals surface area contributed by atoms with Crippen molar-refractivity contribution in [1.29, 1.82) is 0 Å². The Labute approximate surface area is 93.4 Å². The number of rotatable bonds is 2. The molecule has 2 aliphatic rings. The first-order valence-corrected chi connectivity index (χ1v) is 5.72. The summed E-state index contributed by atoms with van der Waals surface area (Å²) in [5.74, 6) is -2.75. The van der Waals surface area contributed by atoms with Crippen molar-refractivity contribution in [2.75, 3.05) is 19.8 Å². The van der Waals surface area contributed by atoms with E-state index in [4.69, 9.17) is 4.74 Å². The fourth-order valence-electron chi connectivity index (χ4n) is 3.01. The molecule has 94 valence electrons. The average Bonchev–Trinajstić information content (AvgIpc) is 2.57. The van der Waals surface area contributed by atoms with Gasteiger partial charge >= 0.3 is 0 Å². The third-order valence-corrected chi connectivity index (χ3v) is 4.18. The molecule has 5 heteroatoms. The Morgan fingerprint density at radius 3 is 2.12 bits per heavy atom. The topological polar surface area (TPSA) is 49.7 Å². The van der Waals surface area contributed by atoms with Gasteiger partial charge in [0.15, 0.2) is 0 Å². The van der Waals surface area contributed by atoms with Gasteiger partial charge in [0.1, 0.15) is 0 Å². The molecule has 0 radical (unpaired) electrons. The van der Waals surface area contributed by atoms with E-state index in [1.165, 1.54) is 0 Å². The van der Waals surface area contributed by atoms with E-state index in [9.17, 15) is 19.0 Å². The second kappa shape index (κ2) is 3.89. The van der Waals surface area contributed by atoms with E-state index in [-0.39, 0.29) is 19.4 Å². The van der Waals surface area contributed by atoms with Gasteiger partial charge in [0, 0.05) is 44.3 Å². The maximum absolute atomic E-state index is 13.3. The third-order valence-electron chi connectivity index (χ3n) is 4.18. The largest absolute Gasteiger partial charge is 0.396 e. The number of aliphatic hydroxyl groups excluding tert-OH is 1. The van der Waals surface area contributed by atoms with Crippen molar-refractivity contribution in [2.45, 2.75) is 43.6 Å². The quantitative estimate of drug-likeness (QED) is 0.760. The van der Waals surface area contributed by atoms with Gasteiger partial charge in [0.25, 0.3) is 0 Å². The van der Waals surface area contributed by atoms with Crippen molar-refractivity contribution in [3.8, 4) is 0 Å². The highest BCUT2D eigenvalue weighted by molar-refractivity contribution is 5.06. The van der Waals surface area contributed by atoms with Crippen molar-refractivity contribution in [2.24, 2.45) is 5.41 Å². The zero-order valence-electron chi connectivity index (χ0n) is 9.22. The number of aliphatic hydroxyl groups is 2. The molecule has 0 amide bonds. The molecule has 16 heavy (non-hydrogen) atoms. The Kier molecular flexibility index (Phi) is 2.97. The van der Waals surface area contributed by atoms with Crippen LogP contribution in [-0.2, 0) is 4.74 Å². The molecule has 0 bridgehead atoms. The van der Waals surface area contributed by atoms with Gasteiger partial charge in [0.2, 0.25) is 5.92 Å². The van der Waals surface area contributed by atoms with E-state index in [2.05, 4.69) is 0 Å². The van der Waals surface area contributed by atoms with Crippen molar-refractivity contribution in [3.05, 3.63) is 0 Å². The van der Waals surface area contributed by atoms with Crippen LogP contribution in [0.2, 0.25) is 0 Å². The SMILES string of the molecule is OCC1(C2(O)CCOCC2)CCC(F)(F)C1. The van der Waals surface area contributed by atoms with Crippen LogP contribution >= 0.6 is 0 Å². The minimum atomic E-state index is -2.75. The molecule has 1 heterocycles. The van der Waals surface area contributed by atoms with Crippen LogP contribution in [0.25, 0.3) is 0 Å². The lowest BCUT2D eigenvalue weighted by Crippen LogP contribution is -2.53. The van der Waals surface area contributed by atoms with Gasteiger partial charge in [-0.3, -0.25) is 0 Å². The van der Waals surface area contributed by atoms with Crippen LogP contribution in [0, 0.1) is 5.41 Å². The highest BCUT2D eigenvalue weighted by Crippen LogP contribution is 2.55. The molecule has 0 aromatic carbocycles. The van der Waals surface area contributed by atoms with Crippen LogP contribution in [0.5, 0.6) is 0 Å². The van der Waals surface area contributed by atoms with Crippen molar-refractivity contribution in [1.82, 2.24) is 0 Å². The monoisotopic (exact) mass is 236 g/mol. The van der Waals surface area contributed by atoms with Gasteiger partial charge < -0.3 is 14.9 Å². The van der Waals surface area contributed by atoms with Crippen molar-refractivity contribution in [3.63, 3.8) is 0 Å². The minimum Gasteiger partial charge on any atom is -0.396 e. The van der Waals surface area contributed by atoms with Gasteiger partial charge in [0.05, 0.1) is 12.2 Å². The molecule has 2 fully saturated rings. The first-order chi connectivity index (χ1) is 7.43. The van der Waals surface area contributed by atoms with E-state index < -0.39 is 23.4 Å². The number of halogens is 2. The summed E-state index contributed by atoms with van der Waals surface area (Å²) in [6, 6.07) is 0. The van der Waals surface area contributed by atoms with Crippen LogP contribution in [0.15, 0.2) is 0 Å². The summed E-state index contributed by atoms with van der Waals surface area (Å²) in [5.41, 5.74) is -2.24. The summed E-state index contributed by atoms with van der Waals surface area (Å²) in [5, 5.41) is 19.9. The van der Waals surface area contributed by atoms with Gasteiger partial charge in [-0.1, -0.05) is 0 Å². The highest BCUT2D eigenvalue weighted by atomic mass is 19.3. The van der Waals surface area contributed by atoms with E-state index in [0.29, 0.717) is 26.1 Å². The predicted molar refractivity (Wildman–Crippen MR) is 53.3 cm³/mol. The smallest absolute Gasteiger partial charge is 0.248 e. The number of hydrogen-bond donors (Lipinski definition) is 2. The Bertz CT molecular complexity index is 264. The molecule has 2 N–H and O–H groups in total. The molecule has 1 aliphatic heterocycles. The average molecular weight is 236 g/mol. The Morgan fingerprint density at radius 2 is 1.69 bits per heavy atom. The molecule has 1 atom stereocenters. The fourth-order valence-corrected chi connectivity index (χ4v) is 3.01. The molecule has 1 saturated carbocycles. The lowest BCUT2D eigenvalue weighted by atomic mass is 9.67. The Morgan fingerprint density at radius 1 is 1.06 bits per heavy atom. The van der Waals surface area contributed by atoms with E-state index in [1.807, 2.05) is 0 Å².